The molecule has 1 aromatic heterocycles. The van der Waals surface area contributed by atoms with Gasteiger partial charge in [0.1, 0.15) is 5.76 Å². The third kappa shape index (κ3) is 3.77. The number of carbonyl (C=O) groups excluding carboxylic acids is 1. The van der Waals surface area contributed by atoms with E-state index in [1.807, 2.05) is 36.4 Å². The Labute approximate surface area is 131 Å². The molecule has 1 aromatic carbocycles. The first kappa shape index (κ1) is 14.9. The Kier molecular flexibility index (Phi) is 4.91. The molecule has 1 aliphatic heterocycles. The predicted molar refractivity (Wildman–Crippen MR) is 86.8 cm³/mol. The van der Waals surface area contributed by atoms with Crippen LogP contribution in [0.5, 0.6) is 0 Å². The average molecular weight is 298 g/mol. The Morgan fingerprint density at radius 2 is 1.86 bits per heavy atom. The van der Waals surface area contributed by atoms with Crippen LogP contribution in [-0.4, -0.2) is 37.0 Å². The van der Waals surface area contributed by atoms with Gasteiger partial charge in [-0.25, -0.2) is 0 Å². The standard InChI is InChI=1S/C18H22N2O2/c21-18(19-10-13-20-11-2-1-3-12-20)16-8-6-15(7-9-16)17-5-4-14-22-17/h4-9,14H,1-3,10-13H2,(H,19,21). The topological polar surface area (TPSA) is 45.5 Å². The summed E-state index contributed by atoms with van der Waals surface area (Å²) in [5.41, 5.74) is 1.67. The quantitative estimate of drug-likeness (QED) is 0.922. The molecular weight excluding hydrogens is 276 g/mol. The fourth-order valence-electron chi connectivity index (χ4n) is 2.84. The van der Waals surface area contributed by atoms with E-state index in [1.54, 1.807) is 6.26 Å². The molecule has 0 bridgehead atoms. The lowest BCUT2D eigenvalue weighted by Crippen LogP contribution is -2.37. The van der Waals surface area contributed by atoms with Crippen molar-refractivity contribution in [1.82, 2.24) is 10.2 Å². The first-order valence-electron chi connectivity index (χ1n) is 7.97. The molecule has 4 heteroatoms. The first-order chi connectivity index (χ1) is 10.8. The molecule has 1 aliphatic rings. The molecule has 116 valence electrons. The Morgan fingerprint density at radius 3 is 2.55 bits per heavy atom. The van der Waals surface area contributed by atoms with Gasteiger partial charge in [-0.1, -0.05) is 18.6 Å². The Bertz CT molecular complexity index is 584. The fourth-order valence-corrected chi connectivity index (χ4v) is 2.84. The summed E-state index contributed by atoms with van der Waals surface area (Å²) in [6, 6.07) is 11.3. The first-order valence-corrected chi connectivity index (χ1v) is 7.97. The fraction of sp³-hybridized carbons (Fsp3) is 0.389. The molecular formula is C18H22N2O2. The van der Waals surface area contributed by atoms with Gasteiger partial charge in [-0.2, -0.15) is 0 Å². The van der Waals surface area contributed by atoms with Gasteiger partial charge in [-0.15, -0.1) is 0 Å². The summed E-state index contributed by atoms with van der Waals surface area (Å²) >= 11 is 0. The van der Waals surface area contributed by atoms with Crippen LogP contribution in [0.15, 0.2) is 47.1 Å². The second-order valence-corrected chi connectivity index (χ2v) is 5.71. The van der Waals surface area contributed by atoms with Crippen LogP contribution in [0.2, 0.25) is 0 Å². The highest BCUT2D eigenvalue weighted by atomic mass is 16.3. The molecule has 0 saturated carbocycles. The van der Waals surface area contributed by atoms with Crippen molar-refractivity contribution in [2.24, 2.45) is 0 Å². The SMILES string of the molecule is O=C(NCCN1CCCCC1)c1ccc(-c2ccco2)cc1. The van der Waals surface area contributed by atoms with Gasteiger partial charge in [0.15, 0.2) is 0 Å². The molecule has 1 N–H and O–H groups in total. The summed E-state index contributed by atoms with van der Waals surface area (Å²) in [6.07, 6.45) is 5.55. The van der Waals surface area contributed by atoms with Gasteiger partial charge in [0, 0.05) is 24.2 Å². The normalized spacial score (nSPS) is 15.6. The van der Waals surface area contributed by atoms with Crippen molar-refractivity contribution in [3.63, 3.8) is 0 Å². The lowest BCUT2D eigenvalue weighted by Gasteiger charge is -2.26. The van der Waals surface area contributed by atoms with Crippen molar-refractivity contribution in [1.29, 1.82) is 0 Å². The van der Waals surface area contributed by atoms with Crippen molar-refractivity contribution in [3.8, 4) is 11.3 Å². The van der Waals surface area contributed by atoms with Gasteiger partial charge < -0.3 is 14.6 Å². The van der Waals surface area contributed by atoms with Crippen molar-refractivity contribution in [3.05, 3.63) is 48.2 Å². The Morgan fingerprint density at radius 1 is 1.09 bits per heavy atom. The van der Waals surface area contributed by atoms with Crippen LogP contribution in [0, 0.1) is 0 Å². The van der Waals surface area contributed by atoms with E-state index in [0.717, 1.165) is 31.0 Å². The molecule has 0 spiro atoms. The van der Waals surface area contributed by atoms with E-state index >= 15 is 0 Å². The van der Waals surface area contributed by atoms with Crippen molar-refractivity contribution in [2.45, 2.75) is 19.3 Å². The minimum atomic E-state index is -0.0111. The van der Waals surface area contributed by atoms with Crippen molar-refractivity contribution in [2.75, 3.05) is 26.2 Å². The summed E-state index contributed by atoms with van der Waals surface area (Å²) in [5, 5.41) is 3.00. The summed E-state index contributed by atoms with van der Waals surface area (Å²) in [7, 11) is 0. The molecule has 2 aromatic rings. The molecule has 1 saturated heterocycles. The molecule has 2 heterocycles. The molecule has 1 amide bonds. The van der Waals surface area contributed by atoms with Gasteiger partial charge in [-0.05, 0) is 50.2 Å². The number of amides is 1. The zero-order chi connectivity index (χ0) is 15.2. The molecule has 3 rings (SSSR count). The zero-order valence-electron chi connectivity index (χ0n) is 12.8. The third-order valence-electron chi connectivity index (χ3n) is 4.12. The number of rotatable bonds is 5. The van der Waals surface area contributed by atoms with Crippen LogP contribution < -0.4 is 5.32 Å². The number of likely N-dealkylation sites (tertiary alicyclic amines) is 1. The number of nitrogens with zero attached hydrogens (tertiary/aromatic N) is 1. The number of nitrogens with one attached hydrogen (secondary N) is 1. The van der Waals surface area contributed by atoms with Crippen LogP contribution in [0.1, 0.15) is 29.6 Å². The molecule has 4 nitrogen and oxygen atoms in total. The van der Waals surface area contributed by atoms with Gasteiger partial charge in [0.25, 0.3) is 5.91 Å². The zero-order valence-corrected chi connectivity index (χ0v) is 12.8. The maximum Gasteiger partial charge on any atom is 0.251 e. The van der Waals surface area contributed by atoms with Crippen LogP contribution in [0.4, 0.5) is 0 Å². The minimum Gasteiger partial charge on any atom is -0.464 e. The monoisotopic (exact) mass is 298 g/mol. The van der Waals surface area contributed by atoms with Gasteiger partial charge in [0.05, 0.1) is 6.26 Å². The maximum atomic E-state index is 12.1. The highest BCUT2D eigenvalue weighted by Crippen LogP contribution is 2.19. The number of furan rings is 1. The number of benzene rings is 1. The molecule has 1 fully saturated rings. The van der Waals surface area contributed by atoms with Crippen LogP contribution >= 0.6 is 0 Å². The number of piperidine rings is 1. The Hall–Kier alpha value is -2.07. The summed E-state index contributed by atoms with van der Waals surface area (Å²) in [5.74, 6) is 0.806. The van der Waals surface area contributed by atoms with E-state index in [-0.39, 0.29) is 5.91 Å². The van der Waals surface area contributed by atoms with E-state index in [9.17, 15) is 4.79 Å². The molecule has 0 atom stereocenters. The Balaban J connectivity index is 1.49. The van der Waals surface area contributed by atoms with E-state index in [4.69, 9.17) is 4.42 Å². The van der Waals surface area contributed by atoms with Crippen molar-refractivity contribution >= 4 is 5.91 Å². The molecule has 0 unspecified atom stereocenters. The second kappa shape index (κ2) is 7.27. The molecule has 22 heavy (non-hydrogen) atoms. The van der Waals surface area contributed by atoms with E-state index in [2.05, 4.69) is 10.2 Å². The lowest BCUT2D eigenvalue weighted by molar-refractivity contribution is 0.0946. The number of carbonyl (C=O) groups is 1. The van der Waals surface area contributed by atoms with Crippen LogP contribution in [0.25, 0.3) is 11.3 Å². The number of hydrogen-bond acceptors (Lipinski definition) is 3. The van der Waals surface area contributed by atoms with E-state index in [1.165, 1.54) is 19.3 Å². The van der Waals surface area contributed by atoms with Gasteiger partial charge >= 0.3 is 0 Å². The predicted octanol–water partition coefficient (Wildman–Crippen LogP) is 3.16. The largest absolute Gasteiger partial charge is 0.464 e. The van der Waals surface area contributed by atoms with E-state index in [0.29, 0.717) is 12.1 Å². The summed E-state index contributed by atoms with van der Waals surface area (Å²) in [6.45, 7) is 3.97. The number of hydrogen-bond donors (Lipinski definition) is 1. The highest BCUT2D eigenvalue weighted by Gasteiger charge is 2.11. The summed E-state index contributed by atoms with van der Waals surface area (Å²) in [4.78, 5) is 14.6. The summed E-state index contributed by atoms with van der Waals surface area (Å²) < 4.78 is 5.35. The molecule has 0 radical (unpaired) electrons. The van der Waals surface area contributed by atoms with Gasteiger partial charge in [0.2, 0.25) is 0 Å². The van der Waals surface area contributed by atoms with Crippen LogP contribution in [0.3, 0.4) is 0 Å². The molecule has 0 aliphatic carbocycles. The smallest absolute Gasteiger partial charge is 0.251 e. The van der Waals surface area contributed by atoms with E-state index < -0.39 is 0 Å². The highest BCUT2D eigenvalue weighted by molar-refractivity contribution is 5.94. The maximum absolute atomic E-state index is 12.1. The minimum absolute atomic E-state index is 0.0111. The van der Waals surface area contributed by atoms with Crippen molar-refractivity contribution < 1.29 is 9.21 Å². The third-order valence-corrected chi connectivity index (χ3v) is 4.12. The average Bonchev–Trinajstić information content (AvgIpc) is 3.10. The van der Waals surface area contributed by atoms with Crippen LogP contribution in [-0.2, 0) is 0 Å². The second-order valence-electron chi connectivity index (χ2n) is 5.71. The van der Waals surface area contributed by atoms with Gasteiger partial charge in [-0.3, -0.25) is 4.79 Å². The lowest BCUT2D eigenvalue weighted by atomic mass is 10.1.